The summed E-state index contributed by atoms with van der Waals surface area (Å²) in [7, 11) is 0. The van der Waals surface area contributed by atoms with Gasteiger partial charge in [0.15, 0.2) is 0 Å². The van der Waals surface area contributed by atoms with Gasteiger partial charge < -0.3 is 15.5 Å². The lowest BCUT2D eigenvalue weighted by atomic mass is 10.1. The van der Waals surface area contributed by atoms with Crippen LogP contribution < -0.4 is 5.32 Å². The minimum Gasteiger partial charge on any atom is -0.395 e. The number of carbonyl (C=O) groups excluding carboxylic acids is 1. The molecule has 0 heterocycles. The standard InChI is InChI=1S/C20H37NO3/c1-2-3-11-14-19(23)15-12-9-7-5-4-6-8-10-13-16-20(24)21-17-18-22/h7,9,12,15,19,22-23H,2-6,8,10-11,13-14,16-18H2,1H3,(H,21,24)/t19-/m0/s1. The predicted octanol–water partition coefficient (Wildman–Crippen LogP) is 3.88. The van der Waals surface area contributed by atoms with Crippen LogP contribution in [0.15, 0.2) is 24.3 Å². The third-order valence-corrected chi connectivity index (χ3v) is 3.89. The zero-order valence-corrected chi connectivity index (χ0v) is 15.4. The number of aliphatic hydroxyl groups is 2. The van der Waals surface area contributed by atoms with E-state index in [4.69, 9.17) is 5.11 Å². The Morgan fingerprint density at radius 3 is 2.54 bits per heavy atom. The fraction of sp³-hybridized carbons (Fsp3) is 0.750. The highest BCUT2D eigenvalue weighted by molar-refractivity contribution is 5.75. The molecule has 0 radical (unpaired) electrons. The SMILES string of the molecule is CCCCC[C@H](O)C=CC=CCCCCCCCC(=O)NCCO. The second kappa shape index (κ2) is 18.2. The highest BCUT2D eigenvalue weighted by Gasteiger charge is 1.99. The van der Waals surface area contributed by atoms with Crippen molar-refractivity contribution in [3.63, 3.8) is 0 Å². The molecule has 24 heavy (non-hydrogen) atoms. The second-order valence-electron chi connectivity index (χ2n) is 6.26. The Labute approximate surface area is 148 Å². The van der Waals surface area contributed by atoms with E-state index in [2.05, 4.69) is 18.3 Å². The van der Waals surface area contributed by atoms with Gasteiger partial charge in [-0.05, 0) is 25.7 Å². The molecule has 0 aliphatic rings. The van der Waals surface area contributed by atoms with Crippen molar-refractivity contribution in [2.45, 2.75) is 83.7 Å². The van der Waals surface area contributed by atoms with Crippen molar-refractivity contribution in [1.82, 2.24) is 5.32 Å². The Bertz CT molecular complexity index is 340. The van der Waals surface area contributed by atoms with Crippen LogP contribution in [0.25, 0.3) is 0 Å². The molecule has 0 bridgehead atoms. The van der Waals surface area contributed by atoms with E-state index in [1.807, 2.05) is 18.2 Å². The summed E-state index contributed by atoms with van der Waals surface area (Å²) in [4.78, 5) is 11.3. The van der Waals surface area contributed by atoms with Gasteiger partial charge in [0.25, 0.3) is 0 Å². The summed E-state index contributed by atoms with van der Waals surface area (Å²) in [5.41, 5.74) is 0. The van der Waals surface area contributed by atoms with Crippen molar-refractivity contribution >= 4 is 5.91 Å². The first-order valence-corrected chi connectivity index (χ1v) is 9.59. The maximum absolute atomic E-state index is 11.3. The molecule has 0 saturated heterocycles. The van der Waals surface area contributed by atoms with Crippen molar-refractivity contribution in [2.24, 2.45) is 0 Å². The van der Waals surface area contributed by atoms with Crippen LogP contribution in [0.3, 0.4) is 0 Å². The molecule has 4 heteroatoms. The van der Waals surface area contributed by atoms with E-state index in [0.29, 0.717) is 13.0 Å². The fourth-order valence-electron chi connectivity index (χ4n) is 2.43. The molecule has 0 aromatic rings. The smallest absolute Gasteiger partial charge is 0.220 e. The molecule has 0 unspecified atom stereocenters. The van der Waals surface area contributed by atoms with Crippen molar-refractivity contribution in [3.05, 3.63) is 24.3 Å². The largest absolute Gasteiger partial charge is 0.395 e. The number of unbranched alkanes of at least 4 members (excludes halogenated alkanes) is 7. The maximum Gasteiger partial charge on any atom is 0.220 e. The fourth-order valence-corrected chi connectivity index (χ4v) is 2.43. The number of rotatable bonds is 16. The van der Waals surface area contributed by atoms with Crippen LogP contribution in [-0.4, -0.2) is 35.4 Å². The van der Waals surface area contributed by atoms with Gasteiger partial charge in [0, 0.05) is 13.0 Å². The van der Waals surface area contributed by atoms with Gasteiger partial charge in [0.05, 0.1) is 12.7 Å². The van der Waals surface area contributed by atoms with Crippen molar-refractivity contribution in [3.8, 4) is 0 Å². The number of nitrogens with one attached hydrogen (secondary N) is 1. The third-order valence-electron chi connectivity index (χ3n) is 3.89. The first kappa shape index (κ1) is 22.9. The Kier molecular flexibility index (Phi) is 17.4. The molecule has 0 aromatic heterocycles. The molecular weight excluding hydrogens is 302 g/mol. The topological polar surface area (TPSA) is 69.6 Å². The van der Waals surface area contributed by atoms with Crippen LogP contribution in [0.4, 0.5) is 0 Å². The summed E-state index contributed by atoms with van der Waals surface area (Å²) in [5, 5.41) is 21.0. The summed E-state index contributed by atoms with van der Waals surface area (Å²) in [6, 6.07) is 0. The summed E-state index contributed by atoms with van der Waals surface area (Å²) < 4.78 is 0. The lowest BCUT2D eigenvalue weighted by Crippen LogP contribution is -2.25. The first-order chi connectivity index (χ1) is 11.7. The van der Waals surface area contributed by atoms with Crippen molar-refractivity contribution < 1.29 is 15.0 Å². The predicted molar refractivity (Wildman–Crippen MR) is 101 cm³/mol. The number of hydrogen-bond donors (Lipinski definition) is 3. The van der Waals surface area contributed by atoms with E-state index >= 15 is 0 Å². The van der Waals surface area contributed by atoms with Gasteiger partial charge in [-0.25, -0.2) is 0 Å². The number of allylic oxidation sites excluding steroid dienone is 3. The quantitative estimate of drug-likeness (QED) is 0.295. The monoisotopic (exact) mass is 339 g/mol. The number of carbonyl (C=O) groups is 1. The first-order valence-electron chi connectivity index (χ1n) is 9.59. The molecule has 1 atom stereocenters. The molecule has 0 rings (SSSR count). The zero-order valence-electron chi connectivity index (χ0n) is 15.4. The summed E-state index contributed by atoms with van der Waals surface area (Å²) in [6.45, 7) is 2.53. The van der Waals surface area contributed by atoms with Gasteiger partial charge in [-0.2, -0.15) is 0 Å². The van der Waals surface area contributed by atoms with Crippen LogP contribution in [0.5, 0.6) is 0 Å². The highest BCUT2D eigenvalue weighted by Crippen LogP contribution is 2.08. The molecule has 1 amide bonds. The molecule has 3 N–H and O–H groups in total. The molecule has 0 saturated carbocycles. The Balaban J connectivity index is 3.38. The molecule has 140 valence electrons. The normalized spacial score (nSPS) is 13.0. The van der Waals surface area contributed by atoms with Crippen LogP contribution >= 0.6 is 0 Å². The second-order valence-corrected chi connectivity index (χ2v) is 6.26. The zero-order chi connectivity index (χ0) is 17.9. The van der Waals surface area contributed by atoms with Crippen molar-refractivity contribution in [2.75, 3.05) is 13.2 Å². The lowest BCUT2D eigenvalue weighted by Gasteiger charge is -2.03. The van der Waals surface area contributed by atoms with Gasteiger partial charge in [-0.3, -0.25) is 4.79 Å². The lowest BCUT2D eigenvalue weighted by molar-refractivity contribution is -0.121. The van der Waals surface area contributed by atoms with E-state index in [1.54, 1.807) is 0 Å². The third kappa shape index (κ3) is 17.2. The van der Waals surface area contributed by atoms with Crippen LogP contribution in [-0.2, 0) is 4.79 Å². The molecule has 0 fully saturated rings. The average Bonchev–Trinajstić information content (AvgIpc) is 2.58. The Morgan fingerprint density at radius 1 is 1.04 bits per heavy atom. The molecule has 0 spiro atoms. The molecule has 0 aromatic carbocycles. The van der Waals surface area contributed by atoms with E-state index in [9.17, 15) is 9.90 Å². The Hall–Kier alpha value is -1.13. The van der Waals surface area contributed by atoms with Gasteiger partial charge in [0.2, 0.25) is 5.91 Å². The van der Waals surface area contributed by atoms with Gasteiger partial charge >= 0.3 is 0 Å². The average molecular weight is 340 g/mol. The minimum atomic E-state index is -0.309. The summed E-state index contributed by atoms with van der Waals surface area (Å²) >= 11 is 0. The maximum atomic E-state index is 11.3. The summed E-state index contributed by atoms with van der Waals surface area (Å²) in [5.74, 6) is 0.0376. The molecular formula is C20H37NO3. The highest BCUT2D eigenvalue weighted by atomic mass is 16.3. The molecule has 0 aliphatic heterocycles. The van der Waals surface area contributed by atoms with Crippen LogP contribution in [0.2, 0.25) is 0 Å². The van der Waals surface area contributed by atoms with E-state index in [-0.39, 0.29) is 18.6 Å². The van der Waals surface area contributed by atoms with Gasteiger partial charge in [-0.15, -0.1) is 0 Å². The van der Waals surface area contributed by atoms with Crippen molar-refractivity contribution in [1.29, 1.82) is 0 Å². The minimum absolute atomic E-state index is 0.00621. The molecule has 4 nitrogen and oxygen atoms in total. The van der Waals surface area contributed by atoms with Gasteiger partial charge in [0.1, 0.15) is 0 Å². The number of hydrogen-bond acceptors (Lipinski definition) is 3. The summed E-state index contributed by atoms with van der Waals surface area (Å²) in [6.07, 6.45) is 19.1. The van der Waals surface area contributed by atoms with E-state index in [1.165, 1.54) is 25.7 Å². The molecule has 0 aliphatic carbocycles. The van der Waals surface area contributed by atoms with Gasteiger partial charge in [-0.1, -0.05) is 69.8 Å². The van der Waals surface area contributed by atoms with Crippen LogP contribution in [0, 0.1) is 0 Å². The van der Waals surface area contributed by atoms with Crippen LogP contribution in [0.1, 0.15) is 77.6 Å². The van der Waals surface area contributed by atoms with E-state index < -0.39 is 0 Å². The number of amides is 1. The number of aliphatic hydroxyl groups excluding tert-OH is 2. The van der Waals surface area contributed by atoms with E-state index in [0.717, 1.165) is 38.5 Å². The Morgan fingerprint density at radius 2 is 1.79 bits per heavy atom.